The Morgan fingerprint density at radius 2 is 1.81 bits per heavy atom. The first-order valence-corrected chi connectivity index (χ1v) is 12.9. The van der Waals surface area contributed by atoms with Gasteiger partial charge in [0.15, 0.2) is 0 Å². The minimum absolute atomic E-state index is 0.325. The lowest BCUT2D eigenvalue weighted by Gasteiger charge is -2.36. The van der Waals surface area contributed by atoms with Crippen LogP contribution in [-0.4, -0.2) is 49.1 Å². The molecule has 2 aliphatic rings. The van der Waals surface area contributed by atoms with E-state index in [9.17, 15) is 8.42 Å². The van der Waals surface area contributed by atoms with Crippen LogP contribution in [0, 0.1) is 13.8 Å². The molecule has 9 heteroatoms. The summed E-state index contributed by atoms with van der Waals surface area (Å²) >= 11 is 1.20. The van der Waals surface area contributed by atoms with E-state index in [-0.39, 0.29) is 0 Å². The molecule has 2 fully saturated rings. The van der Waals surface area contributed by atoms with Crippen molar-refractivity contribution in [2.45, 2.75) is 43.2 Å². The number of anilines is 1. The van der Waals surface area contributed by atoms with Crippen molar-refractivity contribution in [1.82, 2.24) is 14.5 Å². The third kappa shape index (κ3) is 3.90. The molecule has 0 N–H and O–H groups in total. The third-order valence-electron chi connectivity index (χ3n) is 6.23. The molecule has 1 saturated heterocycles. The molecule has 7 nitrogen and oxygen atoms in total. The largest absolute Gasteiger partial charge is 0.420 e. The topological polar surface area (TPSA) is 79.5 Å². The standard InChI is InChI=1S/C22H26N4O3S2/c1-15-6-7-16(2)18(14-15)25-10-12-26(13-11-25)31(27,28)20-9-8-19(30-20)22-24-23-21(29-22)17-4-3-5-17/h6-9,14,17H,3-5,10-13H2,1-2H3. The SMILES string of the molecule is Cc1ccc(C)c(N2CCN(S(=O)(=O)c3ccc(-c4nnc(C5CCC5)o4)s3)CC2)c1. The molecule has 0 unspecified atom stereocenters. The van der Waals surface area contributed by atoms with Crippen molar-refractivity contribution in [1.29, 1.82) is 0 Å². The first kappa shape index (κ1) is 20.7. The number of piperazine rings is 1. The van der Waals surface area contributed by atoms with Crippen LogP contribution in [0.2, 0.25) is 0 Å². The first-order valence-electron chi connectivity index (χ1n) is 10.7. The van der Waals surface area contributed by atoms with Gasteiger partial charge in [0, 0.05) is 37.8 Å². The van der Waals surface area contributed by atoms with Gasteiger partial charge < -0.3 is 9.32 Å². The molecule has 3 aromatic rings. The van der Waals surface area contributed by atoms with Crippen molar-refractivity contribution >= 4 is 27.0 Å². The van der Waals surface area contributed by atoms with E-state index in [0.717, 1.165) is 12.8 Å². The smallest absolute Gasteiger partial charge is 0.257 e. The maximum atomic E-state index is 13.2. The van der Waals surface area contributed by atoms with Crippen LogP contribution in [0.4, 0.5) is 5.69 Å². The number of sulfonamides is 1. The Balaban J connectivity index is 1.29. The van der Waals surface area contributed by atoms with Gasteiger partial charge in [-0.3, -0.25) is 0 Å². The molecular weight excluding hydrogens is 432 g/mol. The third-order valence-corrected chi connectivity index (χ3v) is 9.66. The van der Waals surface area contributed by atoms with Crippen molar-refractivity contribution in [3.63, 3.8) is 0 Å². The minimum Gasteiger partial charge on any atom is -0.420 e. The molecule has 0 atom stereocenters. The zero-order chi connectivity index (χ0) is 21.6. The molecular formula is C22H26N4O3S2. The predicted octanol–water partition coefficient (Wildman–Crippen LogP) is 4.19. The highest BCUT2D eigenvalue weighted by Crippen LogP contribution is 2.38. The van der Waals surface area contributed by atoms with E-state index in [0.29, 0.717) is 53.0 Å². The van der Waals surface area contributed by atoms with Crippen LogP contribution in [0.5, 0.6) is 0 Å². The van der Waals surface area contributed by atoms with Crippen LogP contribution in [0.3, 0.4) is 0 Å². The van der Waals surface area contributed by atoms with E-state index in [1.807, 2.05) is 0 Å². The Bertz CT molecular complexity index is 1190. The van der Waals surface area contributed by atoms with Gasteiger partial charge in [0.05, 0.1) is 4.88 Å². The lowest BCUT2D eigenvalue weighted by atomic mass is 9.85. The second-order valence-corrected chi connectivity index (χ2v) is 11.6. The molecule has 1 aliphatic heterocycles. The van der Waals surface area contributed by atoms with Gasteiger partial charge in [-0.15, -0.1) is 21.5 Å². The molecule has 1 saturated carbocycles. The molecule has 2 aromatic heterocycles. The van der Waals surface area contributed by atoms with Gasteiger partial charge in [-0.25, -0.2) is 8.42 Å². The highest BCUT2D eigenvalue weighted by atomic mass is 32.2. The van der Waals surface area contributed by atoms with Crippen molar-refractivity contribution in [3.05, 3.63) is 47.3 Å². The second kappa shape index (κ2) is 8.03. The Morgan fingerprint density at radius 1 is 1.03 bits per heavy atom. The van der Waals surface area contributed by atoms with Gasteiger partial charge in [0.2, 0.25) is 5.89 Å². The fourth-order valence-electron chi connectivity index (χ4n) is 4.08. The second-order valence-electron chi connectivity index (χ2n) is 8.37. The van der Waals surface area contributed by atoms with Gasteiger partial charge in [-0.2, -0.15) is 4.31 Å². The summed E-state index contributed by atoms with van der Waals surface area (Å²) in [6.45, 7) is 6.46. The number of hydrogen-bond donors (Lipinski definition) is 0. The number of aromatic nitrogens is 2. The maximum absolute atomic E-state index is 13.2. The zero-order valence-electron chi connectivity index (χ0n) is 17.7. The Labute approximate surface area is 186 Å². The van der Waals surface area contributed by atoms with Crippen LogP contribution in [0.1, 0.15) is 42.2 Å². The highest BCUT2D eigenvalue weighted by molar-refractivity contribution is 7.91. The number of hydrogen-bond acceptors (Lipinski definition) is 7. The summed E-state index contributed by atoms with van der Waals surface area (Å²) in [6, 6.07) is 9.82. The van der Waals surface area contributed by atoms with Gasteiger partial charge in [0.25, 0.3) is 15.9 Å². The Morgan fingerprint density at radius 3 is 2.52 bits per heavy atom. The van der Waals surface area contributed by atoms with Crippen LogP contribution in [0.25, 0.3) is 10.8 Å². The summed E-state index contributed by atoms with van der Waals surface area (Å²) in [6.07, 6.45) is 3.36. The van der Waals surface area contributed by atoms with E-state index in [4.69, 9.17) is 4.42 Å². The molecule has 0 bridgehead atoms. The summed E-state index contributed by atoms with van der Waals surface area (Å²) in [4.78, 5) is 2.97. The molecule has 1 aromatic carbocycles. The van der Waals surface area contributed by atoms with Crippen LogP contribution >= 0.6 is 11.3 Å². The van der Waals surface area contributed by atoms with Crippen molar-refractivity contribution in [2.75, 3.05) is 31.1 Å². The minimum atomic E-state index is -3.54. The average Bonchev–Trinajstić information content (AvgIpc) is 3.39. The van der Waals surface area contributed by atoms with Gasteiger partial charge in [-0.1, -0.05) is 18.6 Å². The molecule has 164 valence electrons. The monoisotopic (exact) mass is 458 g/mol. The summed E-state index contributed by atoms with van der Waals surface area (Å²) in [5, 5.41) is 8.29. The van der Waals surface area contributed by atoms with E-state index in [1.165, 1.54) is 34.6 Å². The van der Waals surface area contributed by atoms with Crippen LogP contribution in [-0.2, 0) is 10.0 Å². The van der Waals surface area contributed by atoms with Crippen molar-refractivity contribution < 1.29 is 12.8 Å². The van der Waals surface area contributed by atoms with E-state index in [2.05, 4.69) is 47.1 Å². The predicted molar refractivity (Wildman–Crippen MR) is 121 cm³/mol. The average molecular weight is 459 g/mol. The number of thiophene rings is 1. The van der Waals surface area contributed by atoms with Gasteiger partial charge >= 0.3 is 0 Å². The van der Waals surface area contributed by atoms with E-state index < -0.39 is 10.0 Å². The normalized spacial score (nSPS) is 18.3. The summed E-state index contributed by atoms with van der Waals surface area (Å²) in [5.74, 6) is 1.44. The van der Waals surface area contributed by atoms with Gasteiger partial charge in [-0.05, 0) is 56.0 Å². The molecule has 0 spiro atoms. The van der Waals surface area contributed by atoms with Crippen LogP contribution in [0.15, 0.2) is 39.0 Å². The maximum Gasteiger partial charge on any atom is 0.257 e. The van der Waals surface area contributed by atoms with Crippen molar-refractivity contribution in [3.8, 4) is 10.8 Å². The molecule has 1 aliphatic carbocycles. The molecule has 0 amide bonds. The van der Waals surface area contributed by atoms with E-state index >= 15 is 0 Å². The first-order chi connectivity index (χ1) is 14.9. The van der Waals surface area contributed by atoms with E-state index in [1.54, 1.807) is 16.4 Å². The van der Waals surface area contributed by atoms with Crippen LogP contribution < -0.4 is 4.90 Å². The lowest BCUT2D eigenvalue weighted by Crippen LogP contribution is -2.48. The number of rotatable bonds is 5. The fourth-order valence-corrected chi connectivity index (χ4v) is 6.89. The summed E-state index contributed by atoms with van der Waals surface area (Å²) < 4.78 is 34.1. The Kier molecular flexibility index (Phi) is 5.35. The molecule has 31 heavy (non-hydrogen) atoms. The highest BCUT2D eigenvalue weighted by Gasteiger charge is 2.31. The number of aryl methyl sites for hydroxylation is 2. The van der Waals surface area contributed by atoms with Crippen molar-refractivity contribution in [2.24, 2.45) is 0 Å². The summed E-state index contributed by atoms with van der Waals surface area (Å²) in [7, 11) is -3.54. The molecule has 0 radical (unpaired) electrons. The van der Waals surface area contributed by atoms with Gasteiger partial charge in [0.1, 0.15) is 4.21 Å². The summed E-state index contributed by atoms with van der Waals surface area (Å²) in [5.41, 5.74) is 3.61. The molecule has 5 rings (SSSR count). The zero-order valence-corrected chi connectivity index (χ0v) is 19.4. The lowest BCUT2D eigenvalue weighted by molar-refractivity contribution is 0.338. The number of benzene rings is 1. The Hall–Kier alpha value is -2.23. The fraction of sp³-hybridized carbons (Fsp3) is 0.455. The molecule has 3 heterocycles. The quantitative estimate of drug-likeness (QED) is 0.570. The number of nitrogens with zero attached hydrogens (tertiary/aromatic N) is 4.